The maximum atomic E-state index is 12.3. The molecule has 1 unspecified atom stereocenters. The molecule has 78 valence electrons. The van der Waals surface area contributed by atoms with Crippen molar-refractivity contribution < 1.29 is 35.5 Å². The normalized spacial score (nSPS) is 28.4. The van der Waals surface area contributed by atoms with Crippen molar-refractivity contribution in [2.24, 2.45) is 0 Å². The first kappa shape index (κ1) is 10.6. The molecule has 0 bridgehead atoms. The van der Waals surface area contributed by atoms with Gasteiger partial charge in [0, 0.05) is 0 Å². The Morgan fingerprint density at radius 3 is 1.38 bits per heavy atom. The fourth-order valence-corrected chi connectivity index (χ4v) is 0.993. The molecule has 0 aliphatic carbocycles. The van der Waals surface area contributed by atoms with Crippen molar-refractivity contribution in [3.63, 3.8) is 0 Å². The largest absolute Gasteiger partial charge is 0.429 e. The van der Waals surface area contributed by atoms with E-state index in [0.29, 0.717) is 0 Å². The van der Waals surface area contributed by atoms with E-state index in [4.69, 9.17) is 0 Å². The topological polar surface area (TPSA) is 9.23 Å². The summed E-state index contributed by atoms with van der Waals surface area (Å²) in [5, 5.41) is 0. The quantitative estimate of drug-likeness (QED) is 0.559. The van der Waals surface area contributed by atoms with Gasteiger partial charge in [-0.25, -0.2) is 4.39 Å². The van der Waals surface area contributed by atoms with Crippen LogP contribution in [0, 0.1) is 0 Å². The summed E-state index contributed by atoms with van der Waals surface area (Å²) in [5.41, 5.74) is -4.61. The number of alkyl halides is 7. The fraction of sp³-hybridized carbons (Fsp3) is 1.00. The Hall–Kier alpha value is -0.530. The highest BCUT2D eigenvalue weighted by molar-refractivity contribution is 5.07. The van der Waals surface area contributed by atoms with Crippen molar-refractivity contribution in [2.45, 2.75) is 24.1 Å². The summed E-state index contributed by atoms with van der Waals surface area (Å²) in [7, 11) is 0. The molecule has 1 nitrogen and oxygen atoms in total. The van der Waals surface area contributed by atoms with Crippen LogP contribution < -0.4 is 0 Å². The predicted molar refractivity (Wildman–Crippen MR) is 25.7 cm³/mol. The van der Waals surface area contributed by atoms with Crippen molar-refractivity contribution in [3.05, 3.63) is 0 Å². The molecule has 0 saturated carbocycles. The maximum Gasteiger partial charge on any atom is 0.429 e. The van der Waals surface area contributed by atoms with E-state index in [9.17, 15) is 30.7 Å². The first-order valence-corrected chi connectivity index (χ1v) is 3.04. The molecule has 0 N–H and O–H groups in total. The van der Waals surface area contributed by atoms with Crippen LogP contribution in [0.1, 0.15) is 0 Å². The fourth-order valence-electron chi connectivity index (χ4n) is 0.993. The van der Waals surface area contributed by atoms with Crippen LogP contribution in [0.25, 0.3) is 0 Å². The molecule has 0 amide bonds. The van der Waals surface area contributed by atoms with Gasteiger partial charge in [0.15, 0.2) is 6.17 Å². The number of ether oxygens (including phenoxy) is 1. The summed E-state index contributed by atoms with van der Waals surface area (Å²) in [6.45, 7) is -1.18. The smallest absolute Gasteiger partial charge is 0.353 e. The van der Waals surface area contributed by atoms with Crippen molar-refractivity contribution in [3.8, 4) is 0 Å². The van der Waals surface area contributed by atoms with Crippen LogP contribution >= 0.6 is 0 Å². The average molecular weight is 212 g/mol. The Bertz CT molecular complexity index is 190. The van der Waals surface area contributed by atoms with E-state index < -0.39 is 30.7 Å². The van der Waals surface area contributed by atoms with E-state index in [1.807, 2.05) is 0 Å². The first-order valence-electron chi connectivity index (χ1n) is 3.04. The molecule has 1 aliphatic heterocycles. The van der Waals surface area contributed by atoms with Crippen molar-refractivity contribution in [1.29, 1.82) is 0 Å². The van der Waals surface area contributed by atoms with Gasteiger partial charge in [-0.15, -0.1) is 0 Å². The molecule has 1 heterocycles. The zero-order valence-corrected chi connectivity index (χ0v) is 5.84. The molecule has 0 aromatic rings. The third kappa shape index (κ3) is 1.18. The zero-order valence-electron chi connectivity index (χ0n) is 5.84. The number of hydrogen-bond donors (Lipinski definition) is 0. The summed E-state index contributed by atoms with van der Waals surface area (Å²) < 4.78 is 86.5. The van der Waals surface area contributed by atoms with Gasteiger partial charge in [-0.05, 0) is 0 Å². The SMILES string of the molecule is FC1COC1(C(F)(F)F)C(F)(F)F. The molecule has 0 radical (unpaired) electrons. The van der Waals surface area contributed by atoms with Gasteiger partial charge in [-0.1, -0.05) is 0 Å². The van der Waals surface area contributed by atoms with Gasteiger partial charge in [-0.2, -0.15) is 26.3 Å². The van der Waals surface area contributed by atoms with Crippen LogP contribution in [0.5, 0.6) is 0 Å². The van der Waals surface area contributed by atoms with Crippen LogP contribution in [0.3, 0.4) is 0 Å². The molecule has 0 spiro atoms. The third-order valence-electron chi connectivity index (χ3n) is 1.74. The Morgan fingerprint density at radius 2 is 1.38 bits per heavy atom. The summed E-state index contributed by atoms with van der Waals surface area (Å²) in [4.78, 5) is 0. The number of halogens is 7. The van der Waals surface area contributed by atoms with Gasteiger partial charge in [0.2, 0.25) is 0 Å². The summed E-state index contributed by atoms with van der Waals surface area (Å²) in [6.07, 6.45) is -14.6. The number of rotatable bonds is 0. The van der Waals surface area contributed by atoms with Gasteiger partial charge in [-0.3, -0.25) is 0 Å². The van der Waals surface area contributed by atoms with E-state index in [1.165, 1.54) is 0 Å². The standard InChI is InChI=1S/C5H3F7O/c6-2-1-13-3(2,4(7,8)9)5(10,11)12/h2H,1H2. The highest BCUT2D eigenvalue weighted by atomic mass is 19.4. The molecule has 1 fully saturated rings. The van der Waals surface area contributed by atoms with E-state index in [1.54, 1.807) is 0 Å². The minimum absolute atomic E-state index is 1.18. The monoisotopic (exact) mass is 212 g/mol. The molecule has 1 atom stereocenters. The molecular formula is C5H3F7O. The third-order valence-corrected chi connectivity index (χ3v) is 1.74. The van der Waals surface area contributed by atoms with Gasteiger partial charge >= 0.3 is 12.4 Å². The molecule has 8 heteroatoms. The lowest BCUT2D eigenvalue weighted by Crippen LogP contribution is -2.72. The van der Waals surface area contributed by atoms with Gasteiger partial charge in [0.1, 0.15) is 0 Å². The van der Waals surface area contributed by atoms with Crippen molar-refractivity contribution >= 4 is 0 Å². The second-order valence-electron chi connectivity index (χ2n) is 2.51. The molecule has 13 heavy (non-hydrogen) atoms. The van der Waals surface area contributed by atoms with E-state index in [-0.39, 0.29) is 0 Å². The van der Waals surface area contributed by atoms with Crippen molar-refractivity contribution in [1.82, 2.24) is 0 Å². The molecule has 1 saturated heterocycles. The Kier molecular flexibility index (Phi) is 2.02. The van der Waals surface area contributed by atoms with Gasteiger partial charge in [0.05, 0.1) is 6.61 Å². The second kappa shape index (κ2) is 2.49. The molecular weight excluding hydrogens is 209 g/mol. The maximum absolute atomic E-state index is 12.3. The summed E-state index contributed by atoms with van der Waals surface area (Å²) in [5.74, 6) is 0. The highest BCUT2D eigenvalue weighted by Crippen LogP contribution is 2.53. The summed E-state index contributed by atoms with van der Waals surface area (Å²) >= 11 is 0. The molecule has 1 aliphatic rings. The Labute approximate surface area is 67.5 Å². The second-order valence-corrected chi connectivity index (χ2v) is 2.51. The minimum atomic E-state index is -5.77. The zero-order chi connectivity index (χ0) is 10.5. The van der Waals surface area contributed by atoms with Crippen LogP contribution in [0.4, 0.5) is 30.7 Å². The summed E-state index contributed by atoms with van der Waals surface area (Å²) in [6, 6.07) is 0. The van der Waals surface area contributed by atoms with Crippen LogP contribution in [0.2, 0.25) is 0 Å². The number of hydrogen-bond acceptors (Lipinski definition) is 1. The van der Waals surface area contributed by atoms with Crippen LogP contribution in [-0.2, 0) is 4.74 Å². The Morgan fingerprint density at radius 1 is 1.00 bits per heavy atom. The van der Waals surface area contributed by atoms with Crippen LogP contribution in [-0.4, -0.2) is 30.7 Å². The minimum Gasteiger partial charge on any atom is -0.353 e. The van der Waals surface area contributed by atoms with E-state index >= 15 is 0 Å². The molecule has 0 aromatic heterocycles. The predicted octanol–water partition coefficient (Wildman–Crippen LogP) is 2.22. The molecule has 0 aromatic carbocycles. The lowest BCUT2D eigenvalue weighted by molar-refractivity contribution is -0.441. The lowest BCUT2D eigenvalue weighted by Gasteiger charge is -2.45. The van der Waals surface area contributed by atoms with E-state index in [0.717, 1.165) is 0 Å². The first-order chi connectivity index (χ1) is 5.63. The van der Waals surface area contributed by atoms with Gasteiger partial charge < -0.3 is 4.74 Å². The van der Waals surface area contributed by atoms with Gasteiger partial charge in [0.25, 0.3) is 5.60 Å². The highest BCUT2D eigenvalue weighted by Gasteiger charge is 2.81. The van der Waals surface area contributed by atoms with E-state index in [2.05, 4.69) is 4.74 Å². The van der Waals surface area contributed by atoms with Crippen LogP contribution in [0.15, 0.2) is 0 Å². The molecule has 1 rings (SSSR count). The Balaban J connectivity index is 3.04. The lowest BCUT2D eigenvalue weighted by atomic mass is 9.91. The average Bonchev–Trinajstić information content (AvgIpc) is 1.77. The van der Waals surface area contributed by atoms with Crippen molar-refractivity contribution in [2.75, 3.05) is 6.61 Å².